The molecule has 1 amide bonds. The maximum absolute atomic E-state index is 12.8. The average Bonchev–Trinajstić information content (AvgIpc) is 3.04. The fourth-order valence-electron chi connectivity index (χ4n) is 3.63. The summed E-state index contributed by atoms with van der Waals surface area (Å²) < 4.78 is 1.29. The average molecular weight is 353 g/mol. The summed E-state index contributed by atoms with van der Waals surface area (Å²) in [6, 6.07) is 13.1. The van der Waals surface area contributed by atoms with Gasteiger partial charge in [-0.3, -0.25) is 9.59 Å². The van der Waals surface area contributed by atoms with Crippen molar-refractivity contribution in [2.24, 2.45) is 5.41 Å². The van der Waals surface area contributed by atoms with E-state index in [1.807, 2.05) is 35.2 Å². The van der Waals surface area contributed by atoms with Gasteiger partial charge in [0.15, 0.2) is 0 Å². The van der Waals surface area contributed by atoms with Gasteiger partial charge in [-0.2, -0.15) is 5.10 Å². The van der Waals surface area contributed by atoms with Crippen molar-refractivity contribution in [3.05, 3.63) is 52.8 Å². The van der Waals surface area contributed by atoms with E-state index in [-0.39, 0.29) is 29.5 Å². The van der Waals surface area contributed by atoms with Gasteiger partial charge < -0.3 is 4.90 Å². The van der Waals surface area contributed by atoms with Gasteiger partial charge in [0.1, 0.15) is 6.54 Å². The predicted octanol–water partition coefficient (Wildman–Crippen LogP) is 3.34. The van der Waals surface area contributed by atoms with Crippen molar-refractivity contribution in [1.82, 2.24) is 14.7 Å². The number of hydrogen-bond acceptors (Lipinski definition) is 3. The van der Waals surface area contributed by atoms with E-state index >= 15 is 0 Å². The molecule has 0 spiro atoms. The molecular weight excluding hydrogens is 326 g/mol. The zero-order chi connectivity index (χ0) is 18.7. The van der Waals surface area contributed by atoms with Crippen LogP contribution in [0.4, 0.5) is 0 Å². The maximum atomic E-state index is 12.8. The van der Waals surface area contributed by atoms with Crippen LogP contribution in [0.5, 0.6) is 0 Å². The first-order valence-corrected chi connectivity index (χ1v) is 9.26. The van der Waals surface area contributed by atoms with Crippen molar-refractivity contribution >= 4 is 5.91 Å². The summed E-state index contributed by atoms with van der Waals surface area (Å²) in [5, 5.41) is 4.41. The molecule has 2 heterocycles. The first kappa shape index (κ1) is 18.4. The standard InChI is InChI=1S/C21H27N3O2/c1-21(2,3)14-17-10-7-13-23(17)20(26)15-24-19(25)12-11-18(22-24)16-8-5-4-6-9-16/h4-6,8-9,11-12,17H,7,10,13-15H2,1-3H3/t17-/m1/s1. The quantitative estimate of drug-likeness (QED) is 0.847. The van der Waals surface area contributed by atoms with Crippen LogP contribution in [0.1, 0.15) is 40.0 Å². The number of likely N-dealkylation sites (tertiary alicyclic amines) is 1. The van der Waals surface area contributed by atoms with Crippen LogP contribution in [0.3, 0.4) is 0 Å². The number of benzene rings is 1. The second-order valence-corrected chi connectivity index (χ2v) is 8.23. The number of rotatable bonds is 4. The lowest BCUT2D eigenvalue weighted by Gasteiger charge is -2.30. The van der Waals surface area contributed by atoms with E-state index in [0.29, 0.717) is 5.69 Å². The molecule has 1 atom stereocenters. The summed E-state index contributed by atoms with van der Waals surface area (Å²) in [4.78, 5) is 27.0. The third-order valence-corrected chi connectivity index (χ3v) is 4.77. The van der Waals surface area contributed by atoms with Crippen LogP contribution in [0.2, 0.25) is 0 Å². The fourth-order valence-corrected chi connectivity index (χ4v) is 3.63. The zero-order valence-electron chi connectivity index (χ0n) is 15.8. The molecule has 0 saturated carbocycles. The predicted molar refractivity (Wildman–Crippen MR) is 103 cm³/mol. The van der Waals surface area contributed by atoms with Gasteiger partial charge in [-0.25, -0.2) is 4.68 Å². The lowest BCUT2D eigenvalue weighted by molar-refractivity contribution is -0.133. The van der Waals surface area contributed by atoms with Gasteiger partial charge in [-0.1, -0.05) is 51.1 Å². The van der Waals surface area contributed by atoms with E-state index in [0.717, 1.165) is 31.4 Å². The van der Waals surface area contributed by atoms with Crippen molar-refractivity contribution in [3.8, 4) is 11.3 Å². The Morgan fingerprint density at radius 1 is 1.15 bits per heavy atom. The monoisotopic (exact) mass is 353 g/mol. The van der Waals surface area contributed by atoms with Gasteiger partial charge in [0.25, 0.3) is 5.56 Å². The molecule has 1 aromatic heterocycles. The van der Waals surface area contributed by atoms with E-state index in [1.165, 1.54) is 10.7 Å². The van der Waals surface area contributed by atoms with E-state index in [9.17, 15) is 9.59 Å². The van der Waals surface area contributed by atoms with Gasteiger partial charge >= 0.3 is 0 Å². The second-order valence-electron chi connectivity index (χ2n) is 8.23. The molecule has 3 rings (SSSR count). The van der Waals surface area contributed by atoms with Crippen LogP contribution in [0.25, 0.3) is 11.3 Å². The molecule has 5 heteroatoms. The molecular formula is C21H27N3O2. The number of amides is 1. The number of aromatic nitrogens is 2. The maximum Gasteiger partial charge on any atom is 0.267 e. The molecule has 1 aromatic carbocycles. The van der Waals surface area contributed by atoms with E-state index in [2.05, 4.69) is 25.9 Å². The summed E-state index contributed by atoms with van der Waals surface area (Å²) in [6.07, 6.45) is 3.04. The van der Waals surface area contributed by atoms with Gasteiger partial charge in [0.2, 0.25) is 5.91 Å². The summed E-state index contributed by atoms with van der Waals surface area (Å²) >= 11 is 0. The SMILES string of the molecule is CC(C)(C)C[C@H]1CCCN1C(=O)Cn1nc(-c2ccccc2)ccc1=O. The Hall–Kier alpha value is -2.43. The first-order valence-electron chi connectivity index (χ1n) is 9.26. The largest absolute Gasteiger partial charge is 0.338 e. The highest BCUT2D eigenvalue weighted by molar-refractivity contribution is 5.76. The molecule has 138 valence electrons. The minimum absolute atomic E-state index is 0.000149. The number of hydrogen-bond donors (Lipinski definition) is 0. The highest BCUT2D eigenvalue weighted by Gasteiger charge is 2.31. The molecule has 0 bridgehead atoms. The van der Waals surface area contributed by atoms with Crippen LogP contribution in [0.15, 0.2) is 47.3 Å². The lowest BCUT2D eigenvalue weighted by Crippen LogP contribution is -2.41. The normalized spacial score (nSPS) is 17.5. The molecule has 1 fully saturated rings. The minimum atomic E-state index is -0.246. The molecule has 0 aliphatic carbocycles. The fraction of sp³-hybridized carbons (Fsp3) is 0.476. The topological polar surface area (TPSA) is 55.2 Å². The summed E-state index contributed by atoms with van der Waals surface area (Å²) in [7, 11) is 0. The van der Waals surface area contributed by atoms with Crippen molar-refractivity contribution in [3.63, 3.8) is 0 Å². The number of nitrogens with zero attached hydrogens (tertiary/aromatic N) is 3. The Labute approximate surface area is 154 Å². The van der Waals surface area contributed by atoms with Gasteiger partial charge in [-0.05, 0) is 30.7 Å². The Kier molecular flexibility index (Phi) is 5.25. The highest BCUT2D eigenvalue weighted by atomic mass is 16.2. The van der Waals surface area contributed by atoms with Crippen LogP contribution in [-0.2, 0) is 11.3 Å². The molecule has 1 saturated heterocycles. The van der Waals surface area contributed by atoms with Crippen molar-refractivity contribution < 1.29 is 4.79 Å². The highest BCUT2D eigenvalue weighted by Crippen LogP contribution is 2.30. The van der Waals surface area contributed by atoms with Crippen LogP contribution in [-0.4, -0.2) is 33.2 Å². The molecule has 0 radical (unpaired) electrons. The van der Waals surface area contributed by atoms with Crippen molar-refractivity contribution in [1.29, 1.82) is 0 Å². The third kappa shape index (κ3) is 4.40. The van der Waals surface area contributed by atoms with Gasteiger partial charge in [-0.15, -0.1) is 0 Å². The van der Waals surface area contributed by atoms with Crippen molar-refractivity contribution in [2.45, 2.75) is 52.6 Å². The molecule has 1 aliphatic heterocycles. The Morgan fingerprint density at radius 3 is 2.58 bits per heavy atom. The number of carbonyl (C=O) groups excluding carboxylic acids is 1. The second kappa shape index (κ2) is 7.44. The molecule has 1 aliphatic rings. The van der Waals surface area contributed by atoms with E-state index < -0.39 is 0 Å². The number of carbonyl (C=O) groups is 1. The van der Waals surface area contributed by atoms with Crippen LogP contribution in [0, 0.1) is 5.41 Å². The van der Waals surface area contributed by atoms with E-state index in [4.69, 9.17) is 0 Å². The molecule has 0 unspecified atom stereocenters. The summed E-state index contributed by atoms with van der Waals surface area (Å²) in [5.74, 6) is -0.0171. The molecule has 0 N–H and O–H groups in total. The van der Waals surface area contributed by atoms with Crippen LogP contribution < -0.4 is 5.56 Å². The molecule has 5 nitrogen and oxygen atoms in total. The Bertz CT molecular complexity index is 821. The third-order valence-electron chi connectivity index (χ3n) is 4.77. The zero-order valence-corrected chi connectivity index (χ0v) is 15.8. The lowest BCUT2D eigenvalue weighted by atomic mass is 9.87. The van der Waals surface area contributed by atoms with E-state index in [1.54, 1.807) is 6.07 Å². The van der Waals surface area contributed by atoms with Gasteiger partial charge in [0.05, 0.1) is 5.69 Å². The summed E-state index contributed by atoms with van der Waals surface area (Å²) in [6.45, 7) is 7.36. The van der Waals surface area contributed by atoms with Crippen LogP contribution >= 0.6 is 0 Å². The smallest absolute Gasteiger partial charge is 0.267 e. The Morgan fingerprint density at radius 2 is 1.88 bits per heavy atom. The molecule has 26 heavy (non-hydrogen) atoms. The van der Waals surface area contributed by atoms with Crippen molar-refractivity contribution in [2.75, 3.05) is 6.54 Å². The summed E-state index contributed by atoms with van der Waals surface area (Å²) in [5.41, 5.74) is 1.56. The molecule has 2 aromatic rings. The Balaban J connectivity index is 1.78. The van der Waals surface area contributed by atoms with Gasteiger partial charge in [0, 0.05) is 24.2 Å². The first-order chi connectivity index (χ1) is 12.3. The minimum Gasteiger partial charge on any atom is -0.338 e.